The van der Waals surface area contributed by atoms with Gasteiger partial charge in [0.25, 0.3) is 11.6 Å². The molecule has 0 aliphatic heterocycles. The van der Waals surface area contributed by atoms with Crippen LogP contribution in [0.4, 0.5) is 15.8 Å². The summed E-state index contributed by atoms with van der Waals surface area (Å²) in [5, 5.41) is 15.6. The summed E-state index contributed by atoms with van der Waals surface area (Å²) in [5.41, 5.74) is -0.0966. The van der Waals surface area contributed by atoms with E-state index in [-0.39, 0.29) is 21.4 Å². The fourth-order valence-electron chi connectivity index (χ4n) is 1.73. The van der Waals surface area contributed by atoms with Gasteiger partial charge in [0.2, 0.25) is 0 Å². The van der Waals surface area contributed by atoms with Gasteiger partial charge in [-0.05, 0) is 36.5 Å². The molecule has 2 aromatic carbocycles. The summed E-state index contributed by atoms with van der Waals surface area (Å²) in [7, 11) is 0. The topological polar surface area (TPSA) is 84.3 Å². The summed E-state index contributed by atoms with van der Waals surface area (Å²) in [6.07, 6.45) is 0. The Bertz CT molecular complexity index is 801. The number of anilines is 1. The van der Waals surface area contributed by atoms with Gasteiger partial charge in [-0.2, -0.15) is 0 Å². The number of hydrogen-bond acceptors (Lipinski definition) is 4. The second-order valence-corrected chi connectivity index (χ2v) is 5.13. The van der Waals surface area contributed by atoms with Crippen LogP contribution in [0.5, 0.6) is 0 Å². The fourth-order valence-corrected chi connectivity index (χ4v) is 2.12. The van der Waals surface area contributed by atoms with Crippen LogP contribution in [0.25, 0.3) is 0 Å². The molecule has 2 rings (SSSR count). The highest BCUT2D eigenvalue weighted by Crippen LogP contribution is 2.20. The monoisotopic (exact) mass is 353 g/mol. The molecular weight excluding hydrogens is 345 g/mol. The van der Waals surface area contributed by atoms with Crippen molar-refractivity contribution in [1.82, 2.24) is 5.32 Å². The van der Waals surface area contributed by atoms with Crippen molar-refractivity contribution in [2.75, 3.05) is 5.32 Å². The second-order valence-electron chi connectivity index (χ2n) is 4.31. The van der Waals surface area contributed by atoms with Crippen molar-refractivity contribution < 1.29 is 14.1 Å². The van der Waals surface area contributed by atoms with Crippen LogP contribution in [-0.4, -0.2) is 15.9 Å². The molecule has 9 heteroatoms. The van der Waals surface area contributed by atoms with E-state index in [1.165, 1.54) is 36.4 Å². The lowest BCUT2D eigenvalue weighted by atomic mass is 10.1. The maximum absolute atomic E-state index is 13.1. The molecule has 1 amide bonds. The molecule has 0 saturated carbocycles. The average molecular weight is 354 g/mol. The highest BCUT2D eigenvalue weighted by Gasteiger charge is 2.19. The number of nitrogens with zero attached hydrogens (tertiary/aromatic N) is 1. The molecule has 23 heavy (non-hydrogen) atoms. The lowest BCUT2D eigenvalue weighted by Gasteiger charge is -2.10. The van der Waals surface area contributed by atoms with Crippen molar-refractivity contribution in [3.8, 4) is 0 Å². The number of carbonyl (C=O) groups is 1. The lowest BCUT2D eigenvalue weighted by Crippen LogP contribution is -2.34. The van der Waals surface area contributed by atoms with Crippen LogP contribution < -0.4 is 10.6 Å². The first-order valence-corrected chi connectivity index (χ1v) is 6.98. The molecule has 0 unspecified atom stereocenters. The summed E-state index contributed by atoms with van der Waals surface area (Å²) in [6, 6.07) is 9.28. The predicted octanol–water partition coefficient (Wildman–Crippen LogP) is 3.51. The molecule has 0 aromatic heterocycles. The Hall–Kier alpha value is -2.58. The number of nitro benzene ring substituents is 1. The standard InChI is InChI=1S/C14H9ClFN3O3S/c15-10-7-8(5-6-11(10)16)17-14(23)18-13(20)9-3-1-2-4-12(9)19(21)22/h1-7H,(H2,17,18,20,23). The SMILES string of the molecule is O=C(NC(=S)Nc1ccc(F)c(Cl)c1)c1ccccc1[N+](=O)[O-]. The molecule has 0 aliphatic rings. The average Bonchev–Trinajstić information content (AvgIpc) is 2.50. The number of thiocarbonyl (C=S) groups is 1. The van der Waals surface area contributed by atoms with Crippen LogP contribution in [0, 0.1) is 15.9 Å². The van der Waals surface area contributed by atoms with Gasteiger partial charge in [0, 0.05) is 11.8 Å². The minimum absolute atomic E-state index is 0.101. The van der Waals surface area contributed by atoms with Crippen molar-refractivity contribution in [2.24, 2.45) is 0 Å². The molecule has 6 nitrogen and oxygen atoms in total. The number of carbonyl (C=O) groups excluding carboxylic acids is 1. The highest BCUT2D eigenvalue weighted by molar-refractivity contribution is 7.80. The van der Waals surface area contributed by atoms with Gasteiger partial charge in [-0.15, -0.1) is 0 Å². The molecule has 0 aliphatic carbocycles. The van der Waals surface area contributed by atoms with E-state index >= 15 is 0 Å². The first kappa shape index (κ1) is 16.8. The first-order chi connectivity index (χ1) is 10.9. The molecule has 0 fully saturated rings. The summed E-state index contributed by atoms with van der Waals surface area (Å²) >= 11 is 10.6. The summed E-state index contributed by atoms with van der Waals surface area (Å²) < 4.78 is 13.1. The van der Waals surface area contributed by atoms with Gasteiger partial charge in [0.05, 0.1) is 9.95 Å². The lowest BCUT2D eigenvalue weighted by molar-refractivity contribution is -0.385. The number of benzene rings is 2. The van der Waals surface area contributed by atoms with Crippen molar-refractivity contribution in [1.29, 1.82) is 0 Å². The number of rotatable bonds is 3. The Balaban J connectivity index is 2.10. The van der Waals surface area contributed by atoms with Gasteiger partial charge >= 0.3 is 0 Å². The van der Waals surface area contributed by atoms with Crippen molar-refractivity contribution in [3.63, 3.8) is 0 Å². The molecule has 118 valence electrons. The Labute approximate surface area is 140 Å². The Morgan fingerprint density at radius 3 is 2.61 bits per heavy atom. The van der Waals surface area contributed by atoms with Gasteiger partial charge in [0.1, 0.15) is 11.4 Å². The zero-order valence-electron chi connectivity index (χ0n) is 11.4. The van der Waals surface area contributed by atoms with Gasteiger partial charge in [-0.3, -0.25) is 20.2 Å². The molecule has 2 aromatic rings. The van der Waals surface area contributed by atoms with Crippen LogP contribution in [0.2, 0.25) is 5.02 Å². The zero-order chi connectivity index (χ0) is 17.0. The third kappa shape index (κ3) is 4.21. The third-order valence-corrected chi connectivity index (χ3v) is 3.24. The van der Waals surface area contributed by atoms with Crippen LogP contribution >= 0.6 is 23.8 Å². The molecule has 0 bridgehead atoms. The maximum Gasteiger partial charge on any atom is 0.282 e. The van der Waals surface area contributed by atoms with Crippen LogP contribution in [0.3, 0.4) is 0 Å². The quantitative estimate of drug-likeness (QED) is 0.501. The molecule has 0 spiro atoms. The summed E-state index contributed by atoms with van der Waals surface area (Å²) in [4.78, 5) is 22.3. The number of amides is 1. The highest BCUT2D eigenvalue weighted by atomic mass is 35.5. The number of nitro groups is 1. The third-order valence-electron chi connectivity index (χ3n) is 2.75. The molecule has 0 atom stereocenters. The minimum Gasteiger partial charge on any atom is -0.332 e. The number of halogens is 2. The van der Waals surface area contributed by atoms with E-state index < -0.39 is 16.6 Å². The fraction of sp³-hybridized carbons (Fsp3) is 0. The Morgan fingerprint density at radius 2 is 1.96 bits per heavy atom. The van der Waals surface area contributed by atoms with E-state index in [0.29, 0.717) is 5.69 Å². The van der Waals surface area contributed by atoms with Gasteiger partial charge in [0.15, 0.2) is 5.11 Å². The normalized spacial score (nSPS) is 10.0. The van der Waals surface area contributed by atoms with E-state index in [1.807, 2.05) is 0 Å². The molecule has 2 N–H and O–H groups in total. The van der Waals surface area contributed by atoms with E-state index in [9.17, 15) is 19.3 Å². The Kier molecular flexibility index (Phi) is 5.20. The van der Waals surface area contributed by atoms with E-state index in [1.54, 1.807) is 0 Å². The van der Waals surface area contributed by atoms with Crippen LogP contribution in [0.15, 0.2) is 42.5 Å². The minimum atomic E-state index is -0.733. The van der Waals surface area contributed by atoms with Crippen LogP contribution in [0.1, 0.15) is 10.4 Å². The largest absolute Gasteiger partial charge is 0.332 e. The number of hydrogen-bond donors (Lipinski definition) is 2. The van der Waals surface area contributed by atoms with E-state index in [2.05, 4.69) is 10.6 Å². The van der Waals surface area contributed by atoms with E-state index in [0.717, 1.165) is 6.07 Å². The Morgan fingerprint density at radius 1 is 1.26 bits per heavy atom. The van der Waals surface area contributed by atoms with Gasteiger partial charge in [-0.25, -0.2) is 4.39 Å². The number of nitrogens with one attached hydrogen (secondary N) is 2. The molecule has 0 heterocycles. The summed E-state index contributed by atoms with van der Waals surface area (Å²) in [6.45, 7) is 0. The van der Waals surface area contributed by atoms with Crippen molar-refractivity contribution in [3.05, 3.63) is 69.0 Å². The van der Waals surface area contributed by atoms with Crippen molar-refractivity contribution in [2.45, 2.75) is 0 Å². The number of para-hydroxylation sites is 1. The van der Waals surface area contributed by atoms with Gasteiger partial charge in [-0.1, -0.05) is 23.7 Å². The smallest absolute Gasteiger partial charge is 0.282 e. The predicted molar refractivity (Wildman–Crippen MR) is 88.2 cm³/mol. The molecule has 0 radical (unpaired) electrons. The van der Waals surface area contributed by atoms with Crippen molar-refractivity contribution >= 4 is 46.2 Å². The maximum atomic E-state index is 13.1. The van der Waals surface area contributed by atoms with Crippen LogP contribution in [-0.2, 0) is 0 Å². The second kappa shape index (κ2) is 7.12. The molecule has 0 saturated heterocycles. The zero-order valence-corrected chi connectivity index (χ0v) is 13.0. The summed E-state index contributed by atoms with van der Waals surface area (Å²) in [5.74, 6) is -1.32. The molecular formula is C14H9ClFN3O3S. The van der Waals surface area contributed by atoms with E-state index in [4.69, 9.17) is 23.8 Å². The first-order valence-electron chi connectivity index (χ1n) is 6.19. The van der Waals surface area contributed by atoms with Gasteiger partial charge < -0.3 is 5.32 Å².